The second kappa shape index (κ2) is 6.02. The van der Waals surface area contributed by atoms with E-state index in [1.165, 1.54) is 6.26 Å². The molecule has 116 valence electrons. The van der Waals surface area contributed by atoms with Crippen molar-refractivity contribution in [1.29, 1.82) is 0 Å². The molecule has 0 N–H and O–H groups in total. The highest BCUT2D eigenvalue weighted by Gasteiger charge is 2.46. The van der Waals surface area contributed by atoms with Gasteiger partial charge in [0.25, 0.3) is 0 Å². The van der Waals surface area contributed by atoms with Crippen LogP contribution in [0.5, 0.6) is 0 Å². The van der Waals surface area contributed by atoms with Crippen molar-refractivity contribution in [2.75, 3.05) is 32.2 Å². The monoisotopic (exact) mass is 303 g/mol. The SMILES string of the molecule is CO[C@@H]1CCC[C@@]12CCCN(C(=O)CCS(C)(=O)=O)C2. The number of hydrogen-bond acceptors (Lipinski definition) is 4. The van der Waals surface area contributed by atoms with Crippen LogP contribution in [0.2, 0.25) is 0 Å². The minimum absolute atomic E-state index is 0.0312. The lowest BCUT2D eigenvalue weighted by atomic mass is 9.76. The molecule has 2 fully saturated rings. The number of nitrogens with zero attached hydrogens (tertiary/aromatic N) is 1. The molecule has 0 bridgehead atoms. The van der Waals surface area contributed by atoms with E-state index in [0.29, 0.717) is 0 Å². The fraction of sp³-hybridized carbons (Fsp3) is 0.929. The van der Waals surface area contributed by atoms with Crippen LogP contribution < -0.4 is 0 Å². The quantitative estimate of drug-likeness (QED) is 0.783. The molecule has 0 aromatic carbocycles. The highest BCUT2D eigenvalue weighted by Crippen LogP contribution is 2.46. The maximum atomic E-state index is 12.2. The number of carbonyl (C=O) groups excluding carboxylic acids is 1. The third-order valence-electron chi connectivity index (χ3n) is 4.76. The Kier molecular flexibility index (Phi) is 4.74. The minimum atomic E-state index is -3.07. The first-order chi connectivity index (χ1) is 9.36. The normalized spacial score (nSPS) is 30.9. The summed E-state index contributed by atoms with van der Waals surface area (Å²) >= 11 is 0. The Morgan fingerprint density at radius 1 is 1.35 bits per heavy atom. The van der Waals surface area contributed by atoms with Crippen molar-refractivity contribution in [3.8, 4) is 0 Å². The number of hydrogen-bond donors (Lipinski definition) is 0. The van der Waals surface area contributed by atoms with Gasteiger partial charge in [-0.25, -0.2) is 8.42 Å². The zero-order chi connectivity index (χ0) is 14.8. The van der Waals surface area contributed by atoms with Crippen molar-refractivity contribution in [2.24, 2.45) is 5.41 Å². The molecule has 1 aliphatic carbocycles. The van der Waals surface area contributed by atoms with Gasteiger partial charge in [-0.2, -0.15) is 0 Å². The summed E-state index contributed by atoms with van der Waals surface area (Å²) in [5.74, 6) is -0.0838. The lowest BCUT2D eigenvalue weighted by Crippen LogP contribution is -2.50. The first-order valence-electron chi connectivity index (χ1n) is 7.35. The van der Waals surface area contributed by atoms with Crippen molar-refractivity contribution >= 4 is 15.7 Å². The average molecular weight is 303 g/mol. The zero-order valence-electron chi connectivity index (χ0n) is 12.4. The third-order valence-corrected chi connectivity index (χ3v) is 5.70. The Balaban J connectivity index is 1.98. The molecule has 2 aliphatic rings. The van der Waals surface area contributed by atoms with Crippen LogP contribution in [0.1, 0.15) is 38.5 Å². The first kappa shape index (κ1) is 15.8. The molecule has 1 aliphatic heterocycles. The summed E-state index contributed by atoms with van der Waals surface area (Å²) in [4.78, 5) is 14.1. The molecule has 2 rings (SSSR count). The smallest absolute Gasteiger partial charge is 0.223 e. The maximum Gasteiger partial charge on any atom is 0.223 e. The van der Waals surface area contributed by atoms with Crippen LogP contribution in [0.4, 0.5) is 0 Å². The molecular weight excluding hydrogens is 278 g/mol. The fourth-order valence-corrected chi connectivity index (χ4v) is 4.29. The third kappa shape index (κ3) is 3.52. The zero-order valence-corrected chi connectivity index (χ0v) is 13.2. The van der Waals surface area contributed by atoms with Gasteiger partial charge in [-0.3, -0.25) is 4.79 Å². The van der Waals surface area contributed by atoms with E-state index in [-0.39, 0.29) is 29.6 Å². The van der Waals surface area contributed by atoms with Gasteiger partial charge in [-0.1, -0.05) is 6.42 Å². The molecule has 1 saturated heterocycles. The summed E-state index contributed by atoms with van der Waals surface area (Å²) in [6, 6.07) is 0. The van der Waals surface area contributed by atoms with E-state index in [0.717, 1.165) is 45.2 Å². The van der Waals surface area contributed by atoms with E-state index in [9.17, 15) is 13.2 Å². The molecule has 1 spiro atoms. The number of piperidine rings is 1. The Bertz CT molecular complexity index is 462. The van der Waals surface area contributed by atoms with Crippen LogP contribution >= 0.6 is 0 Å². The second-order valence-electron chi connectivity index (χ2n) is 6.28. The van der Waals surface area contributed by atoms with Gasteiger partial charge in [0.2, 0.25) is 5.91 Å². The largest absolute Gasteiger partial charge is 0.381 e. The second-order valence-corrected chi connectivity index (χ2v) is 8.54. The molecule has 2 atom stereocenters. The number of carbonyl (C=O) groups is 1. The molecule has 0 aromatic rings. The number of amides is 1. The maximum absolute atomic E-state index is 12.2. The van der Waals surface area contributed by atoms with E-state index in [2.05, 4.69) is 0 Å². The van der Waals surface area contributed by atoms with Gasteiger partial charge in [0.1, 0.15) is 9.84 Å². The summed E-state index contributed by atoms with van der Waals surface area (Å²) in [6.45, 7) is 1.48. The van der Waals surface area contributed by atoms with Gasteiger partial charge < -0.3 is 9.64 Å². The fourth-order valence-electron chi connectivity index (χ4n) is 3.75. The van der Waals surface area contributed by atoms with Gasteiger partial charge in [0.05, 0.1) is 11.9 Å². The van der Waals surface area contributed by atoms with Crippen LogP contribution in [0.15, 0.2) is 0 Å². The van der Waals surface area contributed by atoms with Crippen molar-refractivity contribution in [1.82, 2.24) is 4.90 Å². The van der Waals surface area contributed by atoms with E-state index < -0.39 is 9.84 Å². The van der Waals surface area contributed by atoms with Gasteiger partial charge in [0.15, 0.2) is 0 Å². The topological polar surface area (TPSA) is 63.7 Å². The Labute approximate surface area is 121 Å². The number of sulfone groups is 1. The summed E-state index contributed by atoms with van der Waals surface area (Å²) in [5, 5.41) is 0. The minimum Gasteiger partial charge on any atom is -0.381 e. The van der Waals surface area contributed by atoms with Crippen LogP contribution in [0, 0.1) is 5.41 Å². The molecule has 1 amide bonds. The summed E-state index contributed by atoms with van der Waals surface area (Å²) < 4.78 is 28.0. The average Bonchev–Trinajstić information content (AvgIpc) is 2.77. The molecule has 20 heavy (non-hydrogen) atoms. The molecule has 0 radical (unpaired) electrons. The molecule has 1 heterocycles. The highest BCUT2D eigenvalue weighted by molar-refractivity contribution is 7.90. The number of methoxy groups -OCH3 is 1. The number of likely N-dealkylation sites (tertiary alicyclic amines) is 1. The summed E-state index contributed by atoms with van der Waals surface area (Å²) in [5.41, 5.74) is 0.105. The van der Waals surface area contributed by atoms with Crippen LogP contribution in [-0.4, -0.2) is 57.5 Å². The van der Waals surface area contributed by atoms with Crippen LogP contribution in [0.25, 0.3) is 0 Å². The molecular formula is C14H25NO4S. The number of ether oxygens (including phenoxy) is 1. The van der Waals surface area contributed by atoms with Crippen molar-refractivity contribution in [3.05, 3.63) is 0 Å². The van der Waals surface area contributed by atoms with E-state index in [1.54, 1.807) is 7.11 Å². The lowest BCUT2D eigenvalue weighted by Gasteiger charge is -2.43. The summed E-state index contributed by atoms with van der Waals surface area (Å²) in [7, 11) is -1.32. The van der Waals surface area contributed by atoms with Crippen molar-refractivity contribution in [2.45, 2.75) is 44.6 Å². The predicted molar refractivity (Wildman–Crippen MR) is 77.2 cm³/mol. The van der Waals surface area contributed by atoms with Crippen molar-refractivity contribution < 1.29 is 17.9 Å². The molecule has 5 nitrogen and oxygen atoms in total. The van der Waals surface area contributed by atoms with Gasteiger partial charge in [-0.05, 0) is 25.7 Å². The van der Waals surface area contributed by atoms with Gasteiger partial charge >= 0.3 is 0 Å². The van der Waals surface area contributed by atoms with Gasteiger partial charge in [0, 0.05) is 38.3 Å². The van der Waals surface area contributed by atoms with E-state index in [1.807, 2.05) is 4.90 Å². The molecule has 0 aromatic heterocycles. The lowest BCUT2D eigenvalue weighted by molar-refractivity contribution is -0.136. The Morgan fingerprint density at radius 2 is 2.05 bits per heavy atom. The van der Waals surface area contributed by atoms with E-state index in [4.69, 9.17) is 4.74 Å². The Hall–Kier alpha value is -0.620. The van der Waals surface area contributed by atoms with Crippen LogP contribution in [0.3, 0.4) is 0 Å². The van der Waals surface area contributed by atoms with Crippen molar-refractivity contribution in [3.63, 3.8) is 0 Å². The Morgan fingerprint density at radius 3 is 2.70 bits per heavy atom. The first-order valence-corrected chi connectivity index (χ1v) is 9.41. The molecule has 6 heteroatoms. The molecule has 0 unspecified atom stereocenters. The number of rotatable bonds is 4. The van der Waals surface area contributed by atoms with Gasteiger partial charge in [-0.15, -0.1) is 0 Å². The highest BCUT2D eigenvalue weighted by atomic mass is 32.2. The van der Waals surface area contributed by atoms with Crippen LogP contribution in [-0.2, 0) is 19.4 Å². The standard InChI is InChI=1S/C14H25NO4S/c1-19-12-5-3-7-14(12)8-4-9-15(11-14)13(16)6-10-20(2,17)18/h12H,3-11H2,1-2H3/t12-,14+/m1/s1. The predicted octanol–water partition coefficient (Wildman–Crippen LogP) is 1.23. The van der Waals surface area contributed by atoms with E-state index >= 15 is 0 Å². The molecule has 1 saturated carbocycles. The summed E-state index contributed by atoms with van der Waals surface area (Å²) in [6.07, 6.45) is 6.97.